The van der Waals surface area contributed by atoms with E-state index in [0.29, 0.717) is 39.4 Å². The van der Waals surface area contributed by atoms with Gasteiger partial charge in [-0.05, 0) is 64.1 Å². The number of alkyl halides is 2. The highest BCUT2D eigenvalue weighted by Gasteiger charge is 2.26. The molecule has 1 amide bonds. The van der Waals surface area contributed by atoms with E-state index in [1.54, 1.807) is 64.1 Å². The first-order valence-corrected chi connectivity index (χ1v) is 11.2. The van der Waals surface area contributed by atoms with Gasteiger partial charge in [0.05, 0.1) is 29.0 Å². The third-order valence-electron chi connectivity index (χ3n) is 5.85. The zero-order chi connectivity index (χ0) is 26.2. The molecule has 184 valence electrons. The Morgan fingerprint density at radius 1 is 1.14 bits per heavy atom. The number of aromatic nitrogens is 4. The number of halogens is 2. The van der Waals surface area contributed by atoms with Gasteiger partial charge in [-0.3, -0.25) is 9.78 Å². The summed E-state index contributed by atoms with van der Waals surface area (Å²) in [7, 11) is 0. The Hall–Kier alpha value is -4.23. The molecule has 3 aromatic heterocycles. The van der Waals surface area contributed by atoms with Crippen LogP contribution in [-0.4, -0.2) is 42.2 Å². The minimum Gasteiger partial charge on any atom is -0.388 e. The van der Waals surface area contributed by atoms with Crippen LogP contribution < -0.4 is 5.32 Å². The molecular formula is C26H24F2N6O2. The van der Waals surface area contributed by atoms with Crippen molar-refractivity contribution in [3.05, 3.63) is 71.2 Å². The van der Waals surface area contributed by atoms with Crippen LogP contribution in [0.3, 0.4) is 0 Å². The van der Waals surface area contributed by atoms with Gasteiger partial charge in [-0.15, -0.1) is 0 Å². The van der Waals surface area contributed by atoms with Crippen LogP contribution in [0.1, 0.15) is 54.6 Å². The SMILES string of the molecule is Cc1cc(-c2c(-c3cccc(C#N)c3)nc3ccc(C(=O)N[C@@H](C)C(C)(C)O)nn23)cc(C(F)F)n1. The van der Waals surface area contributed by atoms with Crippen LogP contribution in [0.5, 0.6) is 0 Å². The molecule has 0 aliphatic heterocycles. The second kappa shape index (κ2) is 9.43. The standard InChI is InChI=1S/C26H24F2N6O2/c1-14-10-18(12-20(30-14)24(27)28)23-22(17-7-5-6-16(11-17)13-29)32-21-9-8-19(33-34(21)23)25(35)31-15(2)26(3,4)36/h5-12,15,24,36H,1-4H3,(H,31,35)/t15-/m0/s1. The largest absolute Gasteiger partial charge is 0.388 e. The van der Waals surface area contributed by atoms with Crippen molar-refractivity contribution in [3.63, 3.8) is 0 Å². The number of aryl methyl sites for hydroxylation is 1. The second-order valence-corrected chi connectivity index (χ2v) is 9.06. The first-order chi connectivity index (χ1) is 17.0. The molecule has 0 saturated heterocycles. The van der Waals surface area contributed by atoms with Crippen molar-refractivity contribution in [1.82, 2.24) is 24.9 Å². The van der Waals surface area contributed by atoms with Gasteiger partial charge >= 0.3 is 0 Å². The number of amides is 1. The fraction of sp³-hybridized carbons (Fsp3) is 0.269. The minimum absolute atomic E-state index is 0.0504. The highest BCUT2D eigenvalue weighted by atomic mass is 19.3. The van der Waals surface area contributed by atoms with Crippen LogP contribution in [-0.2, 0) is 0 Å². The van der Waals surface area contributed by atoms with E-state index in [-0.39, 0.29) is 5.69 Å². The highest BCUT2D eigenvalue weighted by Crippen LogP contribution is 2.34. The molecule has 0 bridgehead atoms. The van der Waals surface area contributed by atoms with Crippen LogP contribution in [0.15, 0.2) is 48.5 Å². The van der Waals surface area contributed by atoms with E-state index < -0.39 is 29.7 Å². The number of rotatable bonds is 6. The van der Waals surface area contributed by atoms with Crippen LogP contribution >= 0.6 is 0 Å². The molecule has 0 spiro atoms. The molecule has 4 aromatic rings. The van der Waals surface area contributed by atoms with E-state index in [1.807, 2.05) is 0 Å². The van der Waals surface area contributed by atoms with Crippen LogP contribution in [0.4, 0.5) is 8.78 Å². The molecule has 10 heteroatoms. The Kier molecular flexibility index (Phi) is 6.52. The van der Waals surface area contributed by atoms with Gasteiger partial charge in [0.2, 0.25) is 0 Å². The number of nitrogens with zero attached hydrogens (tertiary/aromatic N) is 5. The van der Waals surface area contributed by atoms with Crippen molar-refractivity contribution in [1.29, 1.82) is 5.26 Å². The van der Waals surface area contributed by atoms with Gasteiger partial charge in [-0.25, -0.2) is 18.3 Å². The van der Waals surface area contributed by atoms with Crippen LogP contribution in [0, 0.1) is 18.3 Å². The first-order valence-electron chi connectivity index (χ1n) is 11.2. The number of benzene rings is 1. The zero-order valence-electron chi connectivity index (χ0n) is 20.1. The molecule has 0 radical (unpaired) electrons. The van der Waals surface area contributed by atoms with E-state index in [9.17, 15) is 23.9 Å². The Labute approximate surface area is 206 Å². The van der Waals surface area contributed by atoms with Gasteiger partial charge in [0.1, 0.15) is 17.1 Å². The van der Waals surface area contributed by atoms with Gasteiger partial charge in [0.25, 0.3) is 12.3 Å². The monoisotopic (exact) mass is 490 g/mol. The summed E-state index contributed by atoms with van der Waals surface area (Å²) in [6, 6.07) is 14.3. The number of nitrogens with one attached hydrogen (secondary N) is 1. The molecule has 3 heterocycles. The zero-order valence-corrected chi connectivity index (χ0v) is 20.1. The number of aliphatic hydroxyl groups is 1. The van der Waals surface area contributed by atoms with Crippen molar-refractivity contribution in [2.45, 2.75) is 45.8 Å². The number of imidazole rings is 1. The number of pyridine rings is 1. The summed E-state index contributed by atoms with van der Waals surface area (Å²) < 4.78 is 28.6. The maximum absolute atomic E-state index is 13.6. The maximum Gasteiger partial charge on any atom is 0.280 e. The average molecular weight is 491 g/mol. The maximum atomic E-state index is 13.6. The molecule has 4 rings (SSSR count). The molecular weight excluding hydrogens is 466 g/mol. The van der Waals surface area contributed by atoms with Gasteiger partial charge < -0.3 is 10.4 Å². The Balaban J connectivity index is 1.94. The highest BCUT2D eigenvalue weighted by molar-refractivity contribution is 5.93. The number of carbonyl (C=O) groups is 1. The number of carbonyl (C=O) groups excluding carboxylic acids is 1. The average Bonchev–Trinajstić information content (AvgIpc) is 3.21. The van der Waals surface area contributed by atoms with Crippen LogP contribution in [0.25, 0.3) is 28.2 Å². The smallest absolute Gasteiger partial charge is 0.280 e. The molecule has 0 unspecified atom stereocenters. The first kappa shape index (κ1) is 24.9. The molecule has 0 fully saturated rings. The van der Waals surface area contributed by atoms with Gasteiger partial charge in [-0.1, -0.05) is 12.1 Å². The van der Waals surface area contributed by atoms with Gasteiger partial charge in [0.15, 0.2) is 5.65 Å². The number of nitriles is 1. The molecule has 8 nitrogen and oxygen atoms in total. The lowest BCUT2D eigenvalue weighted by Gasteiger charge is -2.26. The lowest BCUT2D eigenvalue weighted by atomic mass is 10.0. The molecule has 0 aliphatic carbocycles. The molecule has 0 aliphatic rings. The third kappa shape index (κ3) is 4.92. The number of hydrogen-bond donors (Lipinski definition) is 2. The van der Waals surface area contributed by atoms with E-state index in [0.717, 1.165) is 0 Å². The van der Waals surface area contributed by atoms with Crippen molar-refractivity contribution >= 4 is 11.6 Å². The summed E-state index contributed by atoms with van der Waals surface area (Å²) in [4.78, 5) is 21.5. The Bertz CT molecular complexity index is 1500. The third-order valence-corrected chi connectivity index (χ3v) is 5.85. The molecule has 1 aromatic carbocycles. The lowest BCUT2D eigenvalue weighted by Crippen LogP contribution is -2.47. The van der Waals surface area contributed by atoms with E-state index in [4.69, 9.17) is 0 Å². The summed E-state index contributed by atoms with van der Waals surface area (Å²) in [6.07, 6.45) is -2.79. The fourth-order valence-corrected chi connectivity index (χ4v) is 3.64. The van der Waals surface area contributed by atoms with E-state index in [1.165, 1.54) is 16.6 Å². The number of hydrogen-bond acceptors (Lipinski definition) is 6. The van der Waals surface area contributed by atoms with Crippen molar-refractivity contribution in [2.24, 2.45) is 0 Å². The Morgan fingerprint density at radius 3 is 2.56 bits per heavy atom. The lowest BCUT2D eigenvalue weighted by molar-refractivity contribution is 0.0407. The topological polar surface area (TPSA) is 116 Å². The minimum atomic E-state index is -2.79. The predicted octanol–water partition coefficient (Wildman–Crippen LogP) is 4.47. The summed E-state index contributed by atoms with van der Waals surface area (Å²) in [5, 5.41) is 26.7. The predicted molar refractivity (Wildman–Crippen MR) is 129 cm³/mol. The van der Waals surface area contributed by atoms with Gasteiger partial charge in [-0.2, -0.15) is 10.4 Å². The van der Waals surface area contributed by atoms with E-state index in [2.05, 4.69) is 26.5 Å². The van der Waals surface area contributed by atoms with Crippen LogP contribution in [0.2, 0.25) is 0 Å². The van der Waals surface area contributed by atoms with Crippen molar-refractivity contribution < 1.29 is 18.7 Å². The molecule has 0 saturated carbocycles. The summed E-state index contributed by atoms with van der Waals surface area (Å²) >= 11 is 0. The molecule has 36 heavy (non-hydrogen) atoms. The van der Waals surface area contributed by atoms with Crippen molar-refractivity contribution in [3.8, 4) is 28.6 Å². The fourth-order valence-electron chi connectivity index (χ4n) is 3.64. The second-order valence-electron chi connectivity index (χ2n) is 9.06. The summed E-state index contributed by atoms with van der Waals surface area (Å²) in [5.74, 6) is -0.515. The normalized spacial score (nSPS) is 12.5. The van der Waals surface area contributed by atoms with Gasteiger partial charge in [0, 0.05) is 16.8 Å². The number of fused-ring (bicyclic) bond motifs is 1. The molecule has 2 N–H and O–H groups in total. The molecule has 1 atom stereocenters. The summed E-state index contributed by atoms with van der Waals surface area (Å²) in [5.41, 5.74) is 1.42. The quantitative estimate of drug-likeness (QED) is 0.412. The summed E-state index contributed by atoms with van der Waals surface area (Å²) in [6.45, 7) is 6.44. The van der Waals surface area contributed by atoms with Crippen molar-refractivity contribution in [2.75, 3.05) is 0 Å². The Morgan fingerprint density at radius 2 is 1.89 bits per heavy atom. The van der Waals surface area contributed by atoms with E-state index >= 15 is 0 Å².